The van der Waals surface area contributed by atoms with Crippen LogP contribution in [0.1, 0.15) is 15.4 Å². The monoisotopic (exact) mass is 291 g/mol. The first-order valence-corrected chi connectivity index (χ1v) is 7.16. The fourth-order valence-electron chi connectivity index (χ4n) is 1.58. The van der Waals surface area contributed by atoms with E-state index in [-0.39, 0.29) is 5.91 Å². The molecule has 19 heavy (non-hydrogen) atoms. The molecule has 3 aromatic rings. The van der Waals surface area contributed by atoms with E-state index >= 15 is 0 Å². The average molecular weight is 291 g/mol. The summed E-state index contributed by atoms with van der Waals surface area (Å²) in [6.07, 6.45) is 1.58. The molecule has 96 valence electrons. The topological polar surface area (TPSA) is 68.0 Å². The molecule has 1 amide bonds. The third kappa shape index (κ3) is 2.56. The number of hydrogen-bond donors (Lipinski definition) is 1. The highest BCUT2D eigenvalue weighted by atomic mass is 32.1. The second kappa shape index (κ2) is 5.33. The van der Waals surface area contributed by atoms with E-state index in [1.807, 2.05) is 23.6 Å². The van der Waals surface area contributed by atoms with Gasteiger partial charge in [-0.3, -0.25) is 4.79 Å². The summed E-state index contributed by atoms with van der Waals surface area (Å²) in [5, 5.41) is 8.76. The molecule has 5 nitrogen and oxygen atoms in total. The fraction of sp³-hybridized carbons (Fsp3) is 0.0833. The van der Waals surface area contributed by atoms with Crippen molar-refractivity contribution in [1.29, 1.82) is 0 Å². The van der Waals surface area contributed by atoms with Crippen molar-refractivity contribution in [3.05, 3.63) is 46.5 Å². The Bertz CT molecular complexity index is 659. The molecule has 0 bridgehead atoms. The van der Waals surface area contributed by atoms with Gasteiger partial charge in [0, 0.05) is 0 Å². The maximum Gasteiger partial charge on any atom is 0.265 e. The van der Waals surface area contributed by atoms with E-state index in [0.717, 1.165) is 16.4 Å². The Kier molecular flexibility index (Phi) is 3.39. The van der Waals surface area contributed by atoms with Gasteiger partial charge < -0.3 is 9.73 Å². The van der Waals surface area contributed by atoms with Crippen LogP contribution in [0.25, 0.3) is 10.6 Å². The zero-order chi connectivity index (χ0) is 13.1. The number of amides is 1. The predicted octanol–water partition coefficient (Wildman–Crippen LogP) is 2.79. The highest BCUT2D eigenvalue weighted by molar-refractivity contribution is 7.14. The van der Waals surface area contributed by atoms with E-state index < -0.39 is 0 Å². The molecule has 0 saturated carbocycles. The minimum absolute atomic E-state index is 0.185. The Morgan fingerprint density at radius 1 is 1.37 bits per heavy atom. The van der Waals surface area contributed by atoms with Crippen molar-refractivity contribution in [3.8, 4) is 10.6 Å². The van der Waals surface area contributed by atoms with Gasteiger partial charge in [-0.25, -0.2) is 0 Å². The first-order valence-electron chi connectivity index (χ1n) is 5.51. The highest BCUT2D eigenvalue weighted by Gasteiger charge is 2.18. The van der Waals surface area contributed by atoms with E-state index in [1.165, 1.54) is 11.3 Å². The maximum atomic E-state index is 12.1. The summed E-state index contributed by atoms with van der Waals surface area (Å²) < 4.78 is 9.02. The molecule has 3 aromatic heterocycles. The molecule has 3 rings (SSSR count). The number of thiophene rings is 1. The molecule has 0 aliphatic rings. The van der Waals surface area contributed by atoms with Crippen LogP contribution in [0.2, 0.25) is 0 Å². The largest absolute Gasteiger partial charge is 0.467 e. The number of hydrogen-bond acceptors (Lipinski definition) is 6. The Morgan fingerprint density at radius 2 is 2.32 bits per heavy atom. The molecular formula is C12H9N3O2S2. The van der Waals surface area contributed by atoms with E-state index in [9.17, 15) is 4.79 Å². The Labute approximate surface area is 117 Å². The molecule has 1 N–H and O–H groups in total. The predicted molar refractivity (Wildman–Crippen MR) is 73.1 cm³/mol. The van der Waals surface area contributed by atoms with Gasteiger partial charge >= 0.3 is 0 Å². The summed E-state index contributed by atoms with van der Waals surface area (Å²) in [5.74, 6) is 0.526. The van der Waals surface area contributed by atoms with Crippen LogP contribution in [0.3, 0.4) is 0 Å². The summed E-state index contributed by atoms with van der Waals surface area (Å²) in [6, 6.07) is 7.44. The molecule has 0 saturated heterocycles. The zero-order valence-electron chi connectivity index (χ0n) is 9.70. The summed E-state index contributed by atoms with van der Waals surface area (Å²) in [4.78, 5) is 13.6. The van der Waals surface area contributed by atoms with Crippen molar-refractivity contribution in [2.45, 2.75) is 6.54 Å². The van der Waals surface area contributed by atoms with Crippen molar-refractivity contribution in [2.24, 2.45) is 0 Å². The number of rotatable bonds is 4. The van der Waals surface area contributed by atoms with E-state index in [0.29, 0.717) is 22.9 Å². The first kappa shape index (κ1) is 12.1. The lowest BCUT2D eigenvalue weighted by Crippen LogP contribution is -2.22. The standard InChI is InChI=1S/C12H9N3O2S2/c16-12(13-7-8-3-1-5-17-8)11-10(14-15-19-11)9-4-2-6-18-9/h1-6H,7H2,(H,13,16). The molecule has 0 fully saturated rings. The van der Waals surface area contributed by atoms with Gasteiger partial charge in [0.25, 0.3) is 5.91 Å². The number of carbonyl (C=O) groups excluding carboxylic acids is 1. The number of carbonyl (C=O) groups is 1. The van der Waals surface area contributed by atoms with Crippen LogP contribution in [0.4, 0.5) is 0 Å². The highest BCUT2D eigenvalue weighted by Crippen LogP contribution is 2.27. The second-order valence-electron chi connectivity index (χ2n) is 3.69. The molecule has 0 aromatic carbocycles. The summed E-state index contributed by atoms with van der Waals surface area (Å²) in [5.41, 5.74) is 0.636. The van der Waals surface area contributed by atoms with Gasteiger partial charge in [0.2, 0.25) is 0 Å². The third-order valence-electron chi connectivity index (χ3n) is 2.45. The molecule has 0 aliphatic carbocycles. The Balaban J connectivity index is 1.75. The van der Waals surface area contributed by atoms with Crippen molar-refractivity contribution >= 4 is 28.8 Å². The van der Waals surface area contributed by atoms with Crippen LogP contribution in [0.15, 0.2) is 40.3 Å². The average Bonchev–Trinajstić information content (AvgIpc) is 3.14. The van der Waals surface area contributed by atoms with Gasteiger partial charge in [0.05, 0.1) is 17.7 Å². The zero-order valence-corrected chi connectivity index (χ0v) is 11.3. The van der Waals surface area contributed by atoms with Crippen LogP contribution in [0, 0.1) is 0 Å². The van der Waals surface area contributed by atoms with Gasteiger partial charge in [0.1, 0.15) is 16.3 Å². The van der Waals surface area contributed by atoms with Gasteiger partial charge in [-0.15, -0.1) is 16.4 Å². The van der Waals surface area contributed by atoms with E-state index in [2.05, 4.69) is 14.9 Å². The van der Waals surface area contributed by atoms with Crippen molar-refractivity contribution < 1.29 is 9.21 Å². The summed E-state index contributed by atoms with van der Waals surface area (Å²) >= 11 is 2.63. The SMILES string of the molecule is O=C(NCc1ccco1)c1snnc1-c1cccs1. The molecular weight excluding hydrogens is 282 g/mol. The number of aromatic nitrogens is 2. The molecule has 7 heteroatoms. The smallest absolute Gasteiger partial charge is 0.265 e. The van der Waals surface area contributed by atoms with Crippen LogP contribution in [0.5, 0.6) is 0 Å². The molecule has 0 unspecified atom stereocenters. The Morgan fingerprint density at radius 3 is 3.05 bits per heavy atom. The maximum absolute atomic E-state index is 12.1. The second-order valence-corrected chi connectivity index (χ2v) is 5.39. The quantitative estimate of drug-likeness (QED) is 0.802. The Hall–Kier alpha value is -1.99. The van der Waals surface area contributed by atoms with Gasteiger partial charge in [-0.1, -0.05) is 10.6 Å². The third-order valence-corrected chi connectivity index (χ3v) is 4.05. The van der Waals surface area contributed by atoms with Gasteiger partial charge in [-0.05, 0) is 35.1 Å². The molecule has 3 heterocycles. The summed E-state index contributed by atoms with van der Waals surface area (Å²) in [6.45, 7) is 0.355. The van der Waals surface area contributed by atoms with Crippen molar-refractivity contribution in [3.63, 3.8) is 0 Å². The van der Waals surface area contributed by atoms with Gasteiger partial charge in [-0.2, -0.15) is 0 Å². The van der Waals surface area contributed by atoms with Crippen molar-refractivity contribution in [1.82, 2.24) is 14.9 Å². The lowest BCUT2D eigenvalue weighted by molar-refractivity contribution is 0.0952. The van der Waals surface area contributed by atoms with E-state index in [4.69, 9.17) is 4.42 Å². The van der Waals surface area contributed by atoms with Crippen LogP contribution < -0.4 is 5.32 Å². The van der Waals surface area contributed by atoms with Crippen molar-refractivity contribution in [2.75, 3.05) is 0 Å². The number of furan rings is 1. The molecule has 0 atom stereocenters. The summed E-state index contributed by atoms with van der Waals surface area (Å²) in [7, 11) is 0. The number of nitrogens with one attached hydrogen (secondary N) is 1. The molecule has 0 radical (unpaired) electrons. The van der Waals surface area contributed by atoms with Crippen LogP contribution in [-0.2, 0) is 6.54 Å². The van der Waals surface area contributed by atoms with Crippen LogP contribution in [-0.4, -0.2) is 15.5 Å². The lowest BCUT2D eigenvalue weighted by Gasteiger charge is -2.01. The molecule has 0 aliphatic heterocycles. The lowest BCUT2D eigenvalue weighted by atomic mass is 10.3. The normalized spacial score (nSPS) is 10.5. The fourth-order valence-corrected chi connectivity index (χ4v) is 2.95. The van der Waals surface area contributed by atoms with Crippen LogP contribution >= 0.6 is 22.9 Å². The van der Waals surface area contributed by atoms with Gasteiger partial charge in [0.15, 0.2) is 0 Å². The van der Waals surface area contributed by atoms with E-state index in [1.54, 1.807) is 12.3 Å². The first-order chi connectivity index (χ1) is 9.34. The minimum atomic E-state index is -0.185. The minimum Gasteiger partial charge on any atom is -0.467 e. The number of nitrogens with zero attached hydrogens (tertiary/aromatic N) is 2. The molecule has 0 spiro atoms.